The third-order valence-electron chi connectivity index (χ3n) is 7.30. The number of amides is 3. The summed E-state index contributed by atoms with van der Waals surface area (Å²) in [6.45, 7) is 0.543. The molecule has 4 rings (SSSR count). The van der Waals surface area contributed by atoms with E-state index in [-0.39, 0.29) is 11.8 Å². The lowest BCUT2D eigenvalue weighted by Gasteiger charge is -2.08. The molecule has 258 valence electrons. The van der Waals surface area contributed by atoms with Crippen molar-refractivity contribution in [2.75, 3.05) is 26.9 Å². The zero-order valence-electron chi connectivity index (χ0n) is 27.6. The highest BCUT2D eigenvalue weighted by molar-refractivity contribution is 6.00. The Bertz CT molecular complexity index is 1670. The number of aliphatic hydroxyl groups is 1. The number of benzene rings is 4. The molecule has 0 radical (unpaired) electrons. The number of carbonyl (C=O) groups excluding carboxylic acids is 4. The number of Topliss-reactive ketones (excluding diaryl/α,β-unsaturated/α-hetero) is 1. The van der Waals surface area contributed by atoms with Gasteiger partial charge in [-0.1, -0.05) is 36.4 Å². The van der Waals surface area contributed by atoms with Gasteiger partial charge in [0.15, 0.2) is 5.78 Å². The largest absolute Gasteiger partial charge is 0.494 e. The zero-order valence-corrected chi connectivity index (χ0v) is 27.6. The number of unbranched alkanes of at least 4 members (excludes halogenated alkanes) is 3. The molecule has 4 N–H and O–H groups in total. The molecule has 0 fully saturated rings. The average Bonchev–Trinajstić information content (AvgIpc) is 3.15. The van der Waals surface area contributed by atoms with Crippen LogP contribution in [0.1, 0.15) is 78.2 Å². The van der Waals surface area contributed by atoms with Crippen LogP contribution in [0.2, 0.25) is 0 Å². The number of ether oxygens (including phenoxy) is 2. The molecule has 0 bridgehead atoms. The summed E-state index contributed by atoms with van der Waals surface area (Å²) >= 11 is 0. The van der Waals surface area contributed by atoms with Gasteiger partial charge >= 0.3 is 0 Å². The van der Waals surface area contributed by atoms with Gasteiger partial charge in [-0.25, -0.2) is 10.9 Å². The Labute approximate surface area is 290 Å². The number of hydrazone groups is 2. The molecule has 4 aromatic carbocycles. The van der Waals surface area contributed by atoms with Gasteiger partial charge in [0.25, 0.3) is 17.7 Å². The van der Waals surface area contributed by atoms with Crippen molar-refractivity contribution < 1.29 is 33.8 Å². The maximum atomic E-state index is 12.3. The molecule has 4 aromatic rings. The maximum Gasteiger partial charge on any atom is 0.271 e. The lowest BCUT2D eigenvalue weighted by molar-refractivity contribution is 0.0901. The van der Waals surface area contributed by atoms with E-state index in [4.69, 9.17) is 14.6 Å². The van der Waals surface area contributed by atoms with E-state index < -0.39 is 18.3 Å². The Kier molecular flexibility index (Phi) is 14.4. The van der Waals surface area contributed by atoms with Crippen LogP contribution in [0.15, 0.2) is 107 Å². The highest BCUT2D eigenvalue weighted by Gasteiger charge is 2.09. The van der Waals surface area contributed by atoms with E-state index in [1.165, 1.54) is 36.7 Å². The smallest absolute Gasteiger partial charge is 0.271 e. The SMILES string of the molecule is CNC(=O)c1ccc(C(=O)N/N=C/c2cccc(OCCCCCCOc3cccc(/C=N/NC(=O)c4ccc(C(=O)CO)cc4)c3)c2)cc1. The van der Waals surface area contributed by atoms with Gasteiger partial charge in [-0.3, -0.25) is 19.2 Å². The van der Waals surface area contributed by atoms with Crippen LogP contribution in [0.5, 0.6) is 11.5 Å². The summed E-state index contributed by atoms with van der Waals surface area (Å²) in [4.78, 5) is 47.8. The Morgan fingerprint density at radius 3 is 1.44 bits per heavy atom. The van der Waals surface area contributed by atoms with Crippen LogP contribution in [-0.2, 0) is 0 Å². The summed E-state index contributed by atoms with van der Waals surface area (Å²) < 4.78 is 11.8. The topological polar surface area (TPSA) is 168 Å². The highest BCUT2D eigenvalue weighted by atomic mass is 16.5. The van der Waals surface area contributed by atoms with E-state index in [0.717, 1.165) is 36.8 Å². The van der Waals surface area contributed by atoms with Gasteiger partial charge in [-0.05, 0) is 97.5 Å². The molecule has 0 spiro atoms. The van der Waals surface area contributed by atoms with E-state index in [2.05, 4.69) is 26.4 Å². The Morgan fingerprint density at radius 1 is 0.600 bits per heavy atom. The summed E-state index contributed by atoms with van der Waals surface area (Å²) in [7, 11) is 1.55. The van der Waals surface area contributed by atoms with Gasteiger partial charge < -0.3 is 19.9 Å². The fraction of sp³-hybridized carbons (Fsp3) is 0.211. The van der Waals surface area contributed by atoms with Crippen LogP contribution >= 0.6 is 0 Å². The fourth-order valence-corrected chi connectivity index (χ4v) is 4.58. The van der Waals surface area contributed by atoms with Crippen LogP contribution in [-0.4, -0.2) is 67.9 Å². The first-order valence-electron chi connectivity index (χ1n) is 16.0. The molecule has 0 saturated heterocycles. The molecule has 0 unspecified atom stereocenters. The van der Waals surface area contributed by atoms with Gasteiger partial charge in [0.2, 0.25) is 0 Å². The first-order valence-corrected chi connectivity index (χ1v) is 16.0. The molecule has 0 heterocycles. The van der Waals surface area contributed by atoms with Gasteiger partial charge in [-0.2, -0.15) is 10.2 Å². The number of carbonyl (C=O) groups is 4. The fourth-order valence-electron chi connectivity index (χ4n) is 4.58. The van der Waals surface area contributed by atoms with Crippen molar-refractivity contribution in [3.63, 3.8) is 0 Å². The van der Waals surface area contributed by atoms with E-state index >= 15 is 0 Å². The molecule has 0 aliphatic rings. The first kappa shape index (κ1) is 36.7. The summed E-state index contributed by atoms with van der Waals surface area (Å²) in [5, 5.41) is 19.5. The molecular weight excluding hydrogens is 638 g/mol. The third-order valence-corrected chi connectivity index (χ3v) is 7.30. The van der Waals surface area contributed by atoms with Gasteiger partial charge in [0.05, 0.1) is 25.6 Å². The van der Waals surface area contributed by atoms with Crippen molar-refractivity contribution >= 4 is 35.9 Å². The highest BCUT2D eigenvalue weighted by Crippen LogP contribution is 2.15. The second-order valence-electron chi connectivity index (χ2n) is 11.0. The van der Waals surface area contributed by atoms with Crippen molar-refractivity contribution in [3.8, 4) is 11.5 Å². The third kappa shape index (κ3) is 11.8. The molecule has 0 aliphatic carbocycles. The summed E-state index contributed by atoms with van der Waals surface area (Å²) in [6.07, 6.45) is 6.79. The van der Waals surface area contributed by atoms with Crippen LogP contribution in [0.25, 0.3) is 0 Å². The molecule has 0 aliphatic heterocycles. The Hall–Kier alpha value is -6.14. The van der Waals surface area contributed by atoms with Crippen LogP contribution in [0.4, 0.5) is 0 Å². The molecule has 0 aromatic heterocycles. The number of hydrogen-bond donors (Lipinski definition) is 4. The number of hydrogen-bond acceptors (Lipinski definition) is 9. The van der Waals surface area contributed by atoms with Crippen molar-refractivity contribution in [3.05, 3.63) is 130 Å². The standard InChI is InChI=1S/C38H39N5O7/c1-39-36(46)30-16-18-32(19-17-30)38(48)43-41-25-28-9-7-11-34(23-28)50-21-5-3-2-4-20-49-33-10-6-8-27(22-33)24-40-42-37(47)31-14-12-29(13-15-31)35(45)26-44/h6-19,22-25,44H,2-5,20-21,26H2,1H3,(H,39,46)(H,42,47)(H,43,48)/b40-24+,41-25+. The predicted octanol–water partition coefficient (Wildman–Crippen LogP) is 4.77. The zero-order chi connectivity index (χ0) is 35.6. The second-order valence-corrected chi connectivity index (χ2v) is 11.0. The summed E-state index contributed by atoms with van der Waals surface area (Å²) in [6, 6.07) is 27.1. The summed E-state index contributed by atoms with van der Waals surface area (Å²) in [5.41, 5.74) is 8.00. The summed E-state index contributed by atoms with van der Waals surface area (Å²) in [5.74, 6) is -0.0348. The van der Waals surface area contributed by atoms with Crippen LogP contribution in [0.3, 0.4) is 0 Å². The molecule has 0 saturated carbocycles. The van der Waals surface area contributed by atoms with E-state index in [9.17, 15) is 19.2 Å². The molecule has 12 nitrogen and oxygen atoms in total. The minimum atomic E-state index is -0.585. The van der Waals surface area contributed by atoms with E-state index in [1.807, 2.05) is 48.5 Å². The van der Waals surface area contributed by atoms with Gasteiger partial charge in [-0.15, -0.1) is 0 Å². The number of ketones is 1. The van der Waals surface area contributed by atoms with Gasteiger partial charge in [0.1, 0.15) is 18.1 Å². The quantitative estimate of drug-likeness (QED) is 0.0509. The second kappa shape index (κ2) is 19.6. The average molecular weight is 678 g/mol. The molecular formula is C38H39N5O7. The van der Waals surface area contributed by atoms with E-state index in [1.54, 1.807) is 31.3 Å². The first-order chi connectivity index (χ1) is 24.4. The van der Waals surface area contributed by atoms with E-state index in [0.29, 0.717) is 47.0 Å². The lowest BCUT2D eigenvalue weighted by Crippen LogP contribution is -2.19. The lowest BCUT2D eigenvalue weighted by atomic mass is 10.1. The Balaban J connectivity index is 1.09. The molecule has 0 atom stereocenters. The van der Waals surface area contributed by atoms with Crippen molar-refractivity contribution in [2.24, 2.45) is 10.2 Å². The van der Waals surface area contributed by atoms with Crippen molar-refractivity contribution in [2.45, 2.75) is 25.7 Å². The number of rotatable bonds is 18. The number of nitrogens with zero attached hydrogens (tertiary/aromatic N) is 2. The molecule has 50 heavy (non-hydrogen) atoms. The normalized spacial score (nSPS) is 10.9. The van der Waals surface area contributed by atoms with Crippen molar-refractivity contribution in [1.29, 1.82) is 0 Å². The monoisotopic (exact) mass is 677 g/mol. The minimum Gasteiger partial charge on any atom is -0.494 e. The predicted molar refractivity (Wildman–Crippen MR) is 190 cm³/mol. The Morgan fingerprint density at radius 2 is 1.02 bits per heavy atom. The van der Waals surface area contributed by atoms with Crippen LogP contribution < -0.4 is 25.6 Å². The molecule has 3 amide bonds. The minimum absolute atomic E-state index is 0.223. The van der Waals surface area contributed by atoms with Crippen molar-refractivity contribution in [1.82, 2.24) is 16.2 Å². The number of aliphatic hydroxyl groups excluding tert-OH is 1. The maximum absolute atomic E-state index is 12.3. The molecule has 12 heteroatoms. The van der Waals surface area contributed by atoms with Gasteiger partial charge in [0, 0.05) is 29.3 Å². The number of nitrogens with one attached hydrogen (secondary N) is 3. The van der Waals surface area contributed by atoms with Crippen LogP contribution in [0, 0.1) is 0 Å².